The number of benzene rings is 2. The van der Waals surface area contributed by atoms with Crippen LogP contribution in [0.5, 0.6) is 5.75 Å². The first-order valence-corrected chi connectivity index (χ1v) is 8.92. The van der Waals surface area contributed by atoms with Gasteiger partial charge in [0.25, 0.3) is 0 Å². The second kappa shape index (κ2) is 9.57. The third-order valence-electron chi connectivity index (χ3n) is 3.77. The van der Waals surface area contributed by atoms with Crippen molar-refractivity contribution in [1.82, 2.24) is 9.97 Å². The molecule has 5 N–H and O–H groups in total. The highest BCUT2D eigenvalue weighted by atomic mass is 19.4. The molecule has 0 aliphatic carbocycles. The lowest BCUT2D eigenvalue weighted by molar-refractivity contribution is -0.274. The zero-order chi connectivity index (χ0) is 22.3. The number of rotatable bonds is 5. The summed E-state index contributed by atoms with van der Waals surface area (Å²) in [5.74, 6) is 0.389. The van der Waals surface area contributed by atoms with E-state index < -0.39 is 6.36 Å². The van der Waals surface area contributed by atoms with Crippen molar-refractivity contribution in [3.63, 3.8) is 0 Å². The minimum atomic E-state index is -4.77. The fourth-order valence-corrected chi connectivity index (χ4v) is 2.36. The third-order valence-corrected chi connectivity index (χ3v) is 3.77. The lowest BCUT2D eigenvalue weighted by atomic mass is 10.2. The van der Waals surface area contributed by atoms with Gasteiger partial charge in [0.1, 0.15) is 24.0 Å². The summed E-state index contributed by atoms with van der Waals surface area (Å²) in [5.41, 5.74) is 13.4. The Morgan fingerprint density at radius 3 is 2.26 bits per heavy atom. The molecule has 1 heterocycles. The molecule has 31 heavy (non-hydrogen) atoms. The number of nitrogens with two attached hydrogens (primary N) is 2. The van der Waals surface area contributed by atoms with Crippen LogP contribution in [0.4, 0.5) is 24.5 Å². The van der Waals surface area contributed by atoms with Gasteiger partial charge in [0.2, 0.25) is 5.96 Å². The molecule has 0 fully saturated rings. The van der Waals surface area contributed by atoms with Gasteiger partial charge < -0.3 is 21.5 Å². The molecule has 160 valence electrons. The fraction of sp³-hybridized carbons (Fsp3) is 0.100. The SMILES string of the molecule is NC(=NC(=NCc1ncccn1)Nc1ccc(OC(F)(F)F)cc1)c1ccc(N)cc1. The Morgan fingerprint density at radius 1 is 1.00 bits per heavy atom. The molecule has 3 rings (SSSR count). The summed E-state index contributed by atoms with van der Waals surface area (Å²) in [5, 5.41) is 2.92. The second-order valence-electron chi connectivity index (χ2n) is 6.12. The Hall–Kier alpha value is -4.15. The molecule has 0 spiro atoms. The van der Waals surface area contributed by atoms with E-state index in [4.69, 9.17) is 11.5 Å². The molecule has 0 amide bonds. The zero-order valence-electron chi connectivity index (χ0n) is 16.0. The van der Waals surface area contributed by atoms with Crippen LogP contribution in [-0.4, -0.2) is 28.1 Å². The summed E-state index contributed by atoms with van der Waals surface area (Å²) in [4.78, 5) is 16.8. The van der Waals surface area contributed by atoms with Gasteiger partial charge in [0.05, 0.1) is 0 Å². The van der Waals surface area contributed by atoms with Crippen LogP contribution in [0.2, 0.25) is 0 Å². The molecule has 1 aromatic heterocycles. The zero-order valence-corrected chi connectivity index (χ0v) is 16.0. The first kappa shape index (κ1) is 21.6. The van der Waals surface area contributed by atoms with Crippen LogP contribution in [0.15, 0.2) is 77.0 Å². The largest absolute Gasteiger partial charge is 0.573 e. The molecular formula is C20H18F3N7O. The van der Waals surface area contributed by atoms with Crippen LogP contribution in [-0.2, 0) is 6.54 Å². The molecule has 0 saturated carbocycles. The molecule has 3 aromatic rings. The number of nitrogens with zero attached hydrogens (tertiary/aromatic N) is 4. The molecule has 0 bridgehead atoms. The molecular weight excluding hydrogens is 411 g/mol. The Labute approximate surface area is 175 Å². The van der Waals surface area contributed by atoms with Crippen LogP contribution in [0.1, 0.15) is 11.4 Å². The van der Waals surface area contributed by atoms with Crippen LogP contribution in [0.3, 0.4) is 0 Å². The molecule has 0 unspecified atom stereocenters. The normalized spacial score (nSPS) is 12.5. The van der Waals surface area contributed by atoms with E-state index in [0.717, 1.165) is 0 Å². The van der Waals surface area contributed by atoms with E-state index in [0.29, 0.717) is 22.8 Å². The number of hydrogen-bond acceptors (Lipinski definition) is 5. The number of nitrogens with one attached hydrogen (secondary N) is 1. The van der Waals surface area contributed by atoms with Gasteiger partial charge >= 0.3 is 6.36 Å². The minimum absolute atomic E-state index is 0.108. The van der Waals surface area contributed by atoms with Gasteiger partial charge in [-0.05, 0) is 54.6 Å². The van der Waals surface area contributed by atoms with Crippen molar-refractivity contribution in [1.29, 1.82) is 0 Å². The van der Waals surface area contributed by atoms with Crippen molar-refractivity contribution >= 4 is 23.2 Å². The maximum Gasteiger partial charge on any atom is 0.573 e. The predicted molar refractivity (Wildman–Crippen MR) is 111 cm³/mol. The van der Waals surface area contributed by atoms with Crippen LogP contribution in [0, 0.1) is 0 Å². The molecule has 2 aromatic carbocycles. The number of amidine groups is 1. The number of ether oxygens (including phenoxy) is 1. The molecule has 0 saturated heterocycles. The number of halogens is 3. The van der Waals surface area contributed by atoms with E-state index >= 15 is 0 Å². The third kappa shape index (κ3) is 6.99. The van der Waals surface area contributed by atoms with E-state index in [2.05, 4.69) is 30.0 Å². The second-order valence-corrected chi connectivity index (χ2v) is 6.12. The van der Waals surface area contributed by atoms with E-state index in [9.17, 15) is 13.2 Å². The lowest BCUT2D eigenvalue weighted by Crippen LogP contribution is -2.20. The number of alkyl halides is 3. The van der Waals surface area contributed by atoms with Crippen LogP contribution in [0.25, 0.3) is 0 Å². The summed E-state index contributed by atoms with van der Waals surface area (Å²) in [7, 11) is 0. The van der Waals surface area contributed by atoms with Crippen LogP contribution >= 0.6 is 0 Å². The molecule has 8 nitrogen and oxygen atoms in total. The highest BCUT2D eigenvalue weighted by Crippen LogP contribution is 2.24. The smallest absolute Gasteiger partial charge is 0.406 e. The molecule has 0 aliphatic rings. The molecule has 0 radical (unpaired) electrons. The fourth-order valence-electron chi connectivity index (χ4n) is 2.36. The summed E-state index contributed by atoms with van der Waals surface area (Å²) in [6.45, 7) is 0.108. The van der Waals surface area contributed by atoms with Gasteiger partial charge in [0, 0.05) is 29.3 Å². The average Bonchev–Trinajstić information content (AvgIpc) is 2.73. The van der Waals surface area contributed by atoms with Gasteiger partial charge in [-0.15, -0.1) is 13.2 Å². The number of anilines is 2. The first-order valence-electron chi connectivity index (χ1n) is 8.92. The maximum atomic E-state index is 12.3. The highest BCUT2D eigenvalue weighted by molar-refractivity contribution is 6.08. The van der Waals surface area contributed by atoms with Gasteiger partial charge in [-0.25, -0.2) is 15.0 Å². The Morgan fingerprint density at radius 2 is 1.65 bits per heavy atom. The van der Waals surface area contributed by atoms with Crippen molar-refractivity contribution in [2.45, 2.75) is 12.9 Å². The van der Waals surface area contributed by atoms with E-state index in [1.165, 1.54) is 24.3 Å². The molecule has 0 aliphatic heterocycles. The summed E-state index contributed by atoms with van der Waals surface area (Å²) >= 11 is 0. The van der Waals surface area contributed by atoms with Gasteiger partial charge in [-0.3, -0.25) is 0 Å². The number of nitrogen functional groups attached to an aromatic ring is 1. The van der Waals surface area contributed by atoms with Crippen molar-refractivity contribution < 1.29 is 17.9 Å². The van der Waals surface area contributed by atoms with Gasteiger partial charge in [0.15, 0.2) is 0 Å². The molecule has 0 atom stereocenters. The summed E-state index contributed by atoms with van der Waals surface area (Å²) < 4.78 is 40.9. The minimum Gasteiger partial charge on any atom is -0.406 e. The Kier molecular flexibility index (Phi) is 6.65. The topological polar surface area (TPSA) is 124 Å². The summed E-state index contributed by atoms with van der Waals surface area (Å²) in [6, 6.07) is 13.6. The number of aromatic nitrogens is 2. The lowest BCUT2D eigenvalue weighted by Gasteiger charge is -2.11. The number of guanidine groups is 1. The van der Waals surface area contributed by atoms with Crippen molar-refractivity contribution in [2.75, 3.05) is 11.1 Å². The monoisotopic (exact) mass is 429 g/mol. The van der Waals surface area contributed by atoms with E-state index in [1.807, 2.05) is 0 Å². The maximum absolute atomic E-state index is 12.3. The van der Waals surface area contributed by atoms with Crippen molar-refractivity contribution in [3.8, 4) is 5.75 Å². The number of hydrogen-bond donors (Lipinski definition) is 3. The molecule has 11 heteroatoms. The number of aliphatic imine (C=N–C) groups is 2. The standard InChI is InChI=1S/C20H18F3N7O/c21-20(22,23)31-16-8-6-15(7-9-16)29-19(28-12-17-26-10-1-11-27-17)30-18(25)13-2-4-14(24)5-3-13/h1-11H,12,24H2,(H3,25,28,29,30). The predicted octanol–water partition coefficient (Wildman–Crippen LogP) is 3.33. The Balaban J connectivity index is 1.83. The quantitative estimate of drug-likeness (QED) is 0.325. The van der Waals surface area contributed by atoms with Crippen molar-refractivity contribution in [2.24, 2.45) is 15.7 Å². The van der Waals surface area contributed by atoms with Crippen molar-refractivity contribution in [3.05, 3.63) is 78.4 Å². The van der Waals surface area contributed by atoms with Crippen LogP contribution < -0.4 is 21.5 Å². The van der Waals surface area contributed by atoms with E-state index in [1.54, 1.807) is 42.7 Å². The van der Waals surface area contributed by atoms with Gasteiger partial charge in [-0.1, -0.05) is 0 Å². The summed E-state index contributed by atoms with van der Waals surface area (Å²) in [6.07, 6.45) is -1.61. The Bertz CT molecular complexity index is 1050. The van der Waals surface area contributed by atoms with Gasteiger partial charge in [-0.2, -0.15) is 4.99 Å². The average molecular weight is 429 g/mol. The van der Waals surface area contributed by atoms with E-state index in [-0.39, 0.29) is 24.1 Å². The highest BCUT2D eigenvalue weighted by Gasteiger charge is 2.30. The first-order chi connectivity index (χ1) is 14.8.